The molecule has 3 heterocycles. The molecular weight excluding hydrogens is 428 g/mol. The maximum Gasteiger partial charge on any atom is 0.255 e. The van der Waals surface area contributed by atoms with Gasteiger partial charge in [-0.05, 0) is 67.5 Å². The van der Waals surface area contributed by atoms with E-state index in [0.717, 1.165) is 49.9 Å². The molecule has 2 amide bonds. The van der Waals surface area contributed by atoms with E-state index < -0.39 is 0 Å². The van der Waals surface area contributed by atoms with Crippen LogP contribution in [0, 0.1) is 0 Å². The van der Waals surface area contributed by atoms with Gasteiger partial charge in [0.1, 0.15) is 12.5 Å². The molecule has 0 bridgehead atoms. The molecule has 1 fully saturated rings. The second kappa shape index (κ2) is 9.59. The van der Waals surface area contributed by atoms with Crippen molar-refractivity contribution >= 4 is 17.5 Å². The minimum absolute atomic E-state index is 0.00881. The highest BCUT2D eigenvalue weighted by Crippen LogP contribution is 2.33. The fourth-order valence-electron chi connectivity index (χ4n) is 5.04. The number of nitrogens with one attached hydrogen (secondary N) is 1. The number of pyridine rings is 1. The minimum Gasteiger partial charge on any atom is -0.351 e. The first-order valence-electron chi connectivity index (χ1n) is 11.7. The first kappa shape index (κ1) is 22.0. The van der Waals surface area contributed by atoms with Crippen molar-refractivity contribution in [3.8, 4) is 0 Å². The monoisotopic (exact) mass is 456 g/mol. The van der Waals surface area contributed by atoms with Crippen molar-refractivity contribution in [2.75, 3.05) is 18.5 Å². The Morgan fingerprint density at radius 2 is 1.79 bits per heavy atom. The molecule has 2 aromatic heterocycles. The lowest BCUT2D eigenvalue weighted by atomic mass is 10.0. The third kappa shape index (κ3) is 4.35. The Hall–Kier alpha value is -3.81. The van der Waals surface area contributed by atoms with Crippen LogP contribution in [0.1, 0.15) is 63.6 Å². The molecule has 2 atom stereocenters. The summed E-state index contributed by atoms with van der Waals surface area (Å²) in [6, 6.07) is 9.74. The van der Waals surface area contributed by atoms with E-state index in [-0.39, 0.29) is 24.0 Å². The number of amides is 2. The molecule has 174 valence electrons. The summed E-state index contributed by atoms with van der Waals surface area (Å²) < 4.78 is 0. The van der Waals surface area contributed by atoms with Crippen LogP contribution in [0.5, 0.6) is 0 Å². The maximum atomic E-state index is 13.6. The Morgan fingerprint density at radius 3 is 2.59 bits per heavy atom. The molecule has 1 unspecified atom stereocenters. The van der Waals surface area contributed by atoms with Crippen LogP contribution in [0.25, 0.3) is 0 Å². The van der Waals surface area contributed by atoms with Gasteiger partial charge in [-0.3, -0.25) is 14.6 Å². The lowest BCUT2D eigenvalue weighted by Crippen LogP contribution is -2.51. The zero-order valence-corrected chi connectivity index (χ0v) is 19.2. The molecule has 0 radical (unpaired) electrons. The summed E-state index contributed by atoms with van der Waals surface area (Å²) in [6.07, 6.45) is 12.8. The Bertz CT molecular complexity index is 1170. The Kier molecular flexibility index (Phi) is 6.20. The first-order valence-corrected chi connectivity index (χ1v) is 11.7. The molecule has 0 saturated carbocycles. The van der Waals surface area contributed by atoms with E-state index in [1.165, 1.54) is 24.3 Å². The van der Waals surface area contributed by atoms with Gasteiger partial charge in [-0.15, -0.1) is 0 Å². The van der Waals surface area contributed by atoms with E-state index >= 15 is 0 Å². The van der Waals surface area contributed by atoms with Gasteiger partial charge in [0.25, 0.3) is 11.8 Å². The molecule has 1 aromatic carbocycles. The molecule has 0 spiro atoms. The minimum atomic E-state index is -0.206. The van der Waals surface area contributed by atoms with Crippen molar-refractivity contribution in [3.63, 3.8) is 0 Å². The first-order chi connectivity index (χ1) is 16.6. The molecule has 2 aliphatic rings. The van der Waals surface area contributed by atoms with Crippen LogP contribution in [-0.4, -0.2) is 51.4 Å². The van der Waals surface area contributed by atoms with Gasteiger partial charge in [0.15, 0.2) is 0 Å². The van der Waals surface area contributed by atoms with Crippen molar-refractivity contribution < 1.29 is 9.59 Å². The third-order valence-electron chi connectivity index (χ3n) is 6.83. The summed E-state index contributed by atoms with van der Waals surface area (Å²) in [5.74, 6) is -0.218. The normalized spacial score (nSPS) is 19.4. The number of anilines is 1. The molecule has 5 rings (SSSR count). The highest BCUT2D eigenvalue weighted by atomic mass is 16.2. The standard InChI is InChI=1S/C26H28N6O2/c1-31(24-4-2-3-13-32(24)21-9-11-27-12-10-21)26(34)19-6-5-18-7-8-23(22(18)14-19)30-25(33)20-15-28-17-29-16-20/h5-6,9-12,14-17,23-24H,2-4,7-8,13H2,1H3,(H,30,33)/t23-,24?/m1/s1. The second-order valence-corrected chi connectivity index (χ2v) is 8.90. The van der Waals surface area contributed by atoms with Crippen molar-refractivity contribution in [2.45, 2.75) is 44.3 Å². The van der Waals surface area contributed by atoms with Crippen molar-refractivity contribution in [3.05, 3.63) is 83.7 Å². The zero-order valence-electron chi connectivity index (χ0n) is 19.2. The van der Waals surface area contributed by atoms with Crippen molar-refractivity contribution in [1.29, 1.82) is 0 Å². The highest BCUT2D eigenvalue weighted by Gasteiger charge is 2.31. The summed E-state index contributed by atoms with van der Waals surface area (Å²) in [5, 5.41) is 3.08. The van der Waals surface area contributed by atoms with E-state index in [1.807, 2.05) is 42.3 Å². The Labute approximate surface area is 199 Å². The van der Waals surface area contributed by atoms with Gasteiger partial charge in [0.2, 0.25) is 0 Å². The molecule has 1 aliphatic carbocycles. The summed E-state index contributed by atoms with van der Waals surface area (Å²) in [5.41, 5.74) is 4.34. The number of carbonyl (C=O) groups excluding carboxylic acids is 2. The Balaban J connectivity index is 1.35. The number of aromatic nitrogens is 3. The zero-order chi connectivity index (χ0) is 23.5. The SMILES string of the molecule is CN(C(=O)c1ccc2c(c1)[C@H](NC(=O)c1cncnc1)CC2)C1CCCCN1c1ccncc1. The molecule has 8 heteroatoms. The van der Waals surface area contributed by atoms with Crippen LogP contribution in [0.15, 0.2) is 61.4 Å². The number of fused-ring (bicyclic) bond motifs is 1. The lowest BCUT2D eigenvalue weighted by Gasteiger charge is -2.42. The van der Waals surface area contributed by atoms with Gasteiger partial charge in [0, 0.05) is 49.6 Å². The van der Waals surface area contributed by atoms with E-state index in [1.54, 1.807) is 12.4 Å². The number of aryl methyl sites for hydroxylation is 1. The van der Waals surface area contributed by atoms with Gasteiger partial charge >= 0.3 is 0 Å². The predicted molar refractivity (Wildman–Crippen MR) is 128 cm³/mol. The molecular formula is C26H28N6O2. The average Bonchev–Trinajstić information content (AvgIpc) is 3.30. The number of rotatable bonds is 5. The summed E-state index contributed by atoms with van der Waals surface area (Å²) >= 11 is 0. The predicted octanol–water partition coefficient (Wildman–Crippen LogP) is 3.38. The average molecular weight is 457 g/mol. The van der Waals surface area contributed by atoms with Gasteiger partial charge in [-0.25, -0.2) is 9.97 Å². The molecule has 3 aromatic rings. The summed E-state index contributed by atoms with van der Waals surface area (Å²) in [6.45, 7) is 0.911. The van der Waals surface area contributed by atoms with Gasteiger partial charge in [-0.1, -0.05) is 6.07 Å². The fourth-order valence-corrected chi connectivity index (χ4v) is 5.04. The molecule has 8 nitrogen and oxygen atoms in total. The molecule has 34 heavy (non-hydrogen) atoms. The number of carbonyl (C=O) groups is 2. The van der Waals surface area contributed by atoms with Crippen LogP contribution in [0.4, 0.5) is 5.69 Å². The molecule has 1 aliphatic heterocycles. The topological polar surface area (TPSA) is 91.3 Å². The third-order valence-corrected chi connectivity index (χ3v) is 6.83. The van der Waals surface area contributed by atoms with Crippen LogP contribution in [-0.2, 0) is 6.42 Å². The quantitative estimate of drug-likeness (QED) is 0.633. The number of piperidine rings is 1. The molecule has 1 saturated heterocycles. The van der Waals surface area contributed by atoms with Crippen LogP contribution < -0.4 is 10.2 Å². The van der Waals surface area contributed by atoms with Crippen LogP contribution in [0.2, 0.25) is 0 Å². The smallest absolute Gasteiger partial charge is 0.255 e. The lowest BCUT2D eigenvalue weighted by molar-refractivity contribution is 0.0705. The maximum absolute atomic E-state index is 13.6. The van der Waals surface area contributed by atoms with Gasteiger partial charge < -0.3 is 15.1 Å². The van der Waals surface area contributed by atoms with Gasteiger partial charge in [0.05, 0.1) is 11.6 Å². The molecule has 1 N–H and O–H groups in total. The largest absolute Gasteiger partial charge is 0.351 e. The Morgan fingerprint density at radius 1 is 1.00 bits per heavy atom. The van der Waals surface area contributed by atoms with Gasteiger partial charge in [-0.2, -0.15) is 0 Å². The van der Waals surface area contributed by atoms with E-state index in [4.69, 9.17) is 0 Å². The van der Waals surface area contributed by atoms with Crippen LogP contribution in [0.3, 0.4) is 0 Å². The fraction of sp³-hybridized carbons (Fsp3) is 0.346. The van der Waals surface area contributed by atoms with E-state index in [9.17, 15) is 9.59 Å². The van der Waals surface area contributed by atoms with E-state index in [2.05, 4.69) is 25.2 Å². The van der Waals surface area contributed by atoms with E-state index in [0.29, 0.717) is 11.1 Å². The summed E-state index contributed by atoms with van der Waals surface area (Å²) in [4.78, 5) is 42.3. The number of nitrogens with zero attached hydrogens (tertiary/aromatic N) is 5. The number of benzene rings is 1. The highest BCUT2D eigenvalue weighted by molar-refractivity contribution is 5.95. The number of hydrogen-bond donors (Lipinski definition) is 1. The van der Waals surface area contributed by atoms with Crippen molar-refractivity contribution in [2.24, 2.45) is 0 Å². The summed E-state index contributed by atoms with van der Waals surface area (Å²) in [7, 11) is 1.88. The van der Waals surface area contributed by atoms with Crippen LogP contribution >= 0.6 is 0 Å². The number of hydrogen-bond acceptors (Lipinski definition) is 6. The van der Waals surface area contributed by atoms with Crippen molar-refractivity contribution in [1.82, 2.24) is 25.2 Å². The second-order valence-electron chi connectivity index (χ2n) is 8.90.